The van der Waals surface area contributed by atoms with Gasteiger partial charge in [-0.1, -0.05) is 38.1 Å². The first-order valence-corrected chi connectivity index (χ1v) is 5.63. The van der Waals surface area contributed by atoms with Gasteiger partial charge in [-0.25, -0.2) is 0 Å². The van der Waals surface area contributed by atoms with E-state index in [0.717, 1.165) is 6.42 Å². The Kier molecular flexibility index (Phi) is 3.08. The molecule has 2 N–H and O–H groups in total. The van der Waals surface area contributed by atoms with E-state index >= 15 is 0 Å². The highest BCUT2D eigenvalue weighted by Crippen LogP contribution is 2.30. The molecule has 15 heavy (non-hydrogen) atoms. The molecule has 82 valence electrons. The fraction of sp³-hybridized carbons (Fsp3) is 0.538. The fourth-order valence-electron chi connectivity index (χ4n) is 2.17. The summed E-state index contributed by atoms with van der Waals surface area (Å²) in [5, 5.41) is 0. The van der Waals surface area contributed by atoms with Gasteiger partial charge in [-0.3, -0.25) is 0 Å². The molecule has 2 heteroatoms. The second-order valence-corrected chi connectivity index (χ2v) is 4.70. The van der Waals surface area contributed by atoms with Crippen molar-refractivity contribution in [3.8, 4) is 0 Å². The van der Waals surface area contributed by atoms with Gasteiger partial charge in [0.1, 0.15) is 0 Å². The van der Waals surface area contributed by atoms with Crippen LogP contribution in [0.25, 0.3) is 0 Å². The minimum atomic E-state index is 0.0392. The molecule has 0 amide bonds. The van der Waals surface area contributed by atoms with E-state index in [0.29, 0.717) is 12.5 Å². The average Bonchev–Trinajstić information content (AvgIpc) is 2.22. The van der Waals surface area contributed by atoms with E-state index in [1.807, 2.05) is 6.07 Å². The Labute approximate surface area is 91.4 Å². The highest BCUT2D eigenvalue weighted by atomic mass is 16.5. The van der Waals surface area contributed by atoms with Crippen LogP contribution in [0.15, 0.2) is 24.3 Å². The minimum Gasteiger partial charge on any atom is -0.372 e. The van der Waals surface area contributed by atoms with Crippen molar-refractivity contribution in [3.05, 3.63) is 35.4 Å². The summed E-state index contributed by atoms with van der Waals surface area (Å²) in [5.41, 5.74) is 8.71. The molecule has 2 rings (SSSR count). The molecule has 0 bridgehead atoms. The van der Waals surface area contributed by atoms with Gasteiger partial charge in [0.2, 0.25) is 0 Å². The molecule has 1 aliphatic heterocycles. The third-order valence-corrected chi connectivity index (χ3v) is 2.97. The van der Waals surface area contributed by atoms with E-state index < -0.39 is 0 Å². The van der Waals surface area contributed by atoms with Gasteiger partial charge in [0.25, 0.3) is 0 Å². The summed E-state index contributed by atoms with van der Waals surface area (Å²) in [6.45, 7) is 5.12. The molecule has 2 nitrogen and oxygen atoms in total. The van der Waals surface area contributed by atoms with Crippen molar-refractivity contribution in [1.82, 2.24) is 0 Å². The molecule has 0 spiro atoms. The molecule has 0 aromatic heterocycles. The van der Waals surface area contributed by atoms with Crippen molar-refractivity contribution in [3.63, 3.8) is 0 Å². The zero-order valence-electron chi connectivity index (χ0n) is 9.44. The van der Waals surface area contributed by atoms with Crippen molar-refractivity contribution >= 4 is 0 Å². The van der Waals surface area contributed by atoms with E-state index in [2.05, 4.69) is 32.0 Å². The molecule has 1 aliphatic rings. The van der Waals surface area contributed by atoms with Gasteiger partial charge in [-0.2, -0.15) is 0 Å². The maximum Gasteiger partial charge on any atom is 0.0774 e. The van der Waals surface area contributed by atoms with Crippen LogP contribution in [0.1, 0.15) is 37.4 Å². The predicted octanol–water partition coefficient (Wildman–Crippen LogP) is 2.63. The maximum atomic E-state index is 6.21. The predicted molar refractivity (Wildman–Crippen MR) is 61.4 cm³/mol. The van der Waals surface area contributed by atoms with Crippen LogP contribution >= 0.6 is 0 Å². The average molecular weight is 205 g/mol. The highest BCUT2D eigenvalue weighted by Gasteiger charge is 2.27. The second kappa shape index (κ2) is 4.33. The van der Waals surface area contributed by atoms with Crippen LogP contribution in [-0.2, 0) is 11.3 Å². The summed E-state index contributed by atoms with van der Waals surface area (Å²) < 4.78 is 5.80. The molecule has 1 heterocycles. The lowest BCUT2D eigenvalue weighted by atomic mass is 9.90. The van der Waals surface area contributed by atoms with Crippen molar-refractivity contribution in [2.75, 3.05) is 0 Å². The lowest BCUT2D eigenvalue weighted by Gasteiger charge is -2.32. The summed E-state index contributed by atoms with van der Waals surface area (Å²) in [5.74, 6) is 0.631. The van der Waals surface area contributed by atoms with Gasteiger partial charge in [0.15, 0.2) is 0 Å². The van der Waals surface area contributed by atoms with Crippen LogP contribution in [0.4, 0.5) is 0 Å². The molecule has 1 aromatic rings. The van der Waals surface area contributed by atoms with E-state index in [4.69, 9.17) is 10.5 Å². The quantitative estimate of drug-likeness (QED) is 0.805. The van der Waals surface area contributed by atoms with Crippen LogP contribution in [-0.4, -0.2) is 6.10 Å². The van der Waals surface area contributed by atoms with E-state index in [9.17, 15) is 0 Å². The van der Waals surface area contributed by atoms with Crippen LogP contribution in [0.2, 0.25) is 0 Å². The van der Waals surface area contributed by atoms with Crippen LogP contribution < -0.4 is 5.73 Å². The fourth-order valence-corrected chi connectivity index (χ4v) is 2.17. The third-order valence-electron chi connectivity index (χ3n) is 2.97. The monoisotopic (exact) mass is 205 g/mol. The molecule has 1 aromatic carbocycles. The summed E-state index contributed by atoms with van der Waals surface area (Å²) in [4.78, 5) is 0. The molecular formula is C13H19NO. The maximum absolute atomic E-state index is 6.21. The van der Waals surface area contributed by atoms with Crippen molar-refractivity contribution < 1.29 is 4.74 Å². The molecule has 0 fully saturated rings. The standard InChI is InChI=1S/C13H19NO/c1-9(2)7-12-13(14)11-6-4-3-5-10(11)8-15-12/h3-6,9,12-13H,7-8,14H2,1-2H3/t12-,13-/m1/s1. The summed E-state index contributed by atoms with van der Waals surface area (Å²) in [6, 6.07) is 8.35. The Balaban J connectivity index is 2.18. The number of rotatable bonds is 2. The number of ether oxygens (including phenoxy) is 1. The number of hydrogen-bond acceptors (Lipinski definition) is 2. The minimum absolute atomic E-state index is 0.0392. The van der Waals surface area contributed by atoms with Gasteiger partial charge in [0.05, 0.1) is 18.8 Å². The Morgan fingerprint density at radius 1 is 1.40 bits per heavy atom. The van der Waals surface area contributed by atoms with E-state index in [1.165, 1.54) is 11.1 Å². The first-order chi connectivity index (χ1) is 7.18. The van der Waals surface area contributed by atoms with Crippen molar-refractivity contribution in [1.29, 1.82) is 0 Å². The Hall–Kier alpha value is -0.860. The number of hydrogen-bond donors (Lipinski definition) is 1. The first kappa shape index (κ1) is 10.7. The molecular weight excluding hydrogens is 186 g/mol. The zero-order chi connectivity index (χ0) is 10.8. The summed E-state index contributed by atoms with van der Waals surface area (Å²) in [6.07, 6.45) is 1.22. The molecule has 0 radical (unpaired) electrons. The second-order valence-electron chi connectivity index (χ2n) is 4.70. The van der Waals surface area contributed by atoms with E-state index in [1.54, 1.807) is 0 Å². The number of nitrogens with two attached hydrogens (primary N) is 1. The largest absolute Gasteiger partial charge is 0.372 e. The van der Waals surface area contributed by atoms with Gasteiger partial charge in [0, 0.05) is 0 Å². The van der Waals surface area contributed by atoms with Gasteiger partial charge >= 0.3 is 0 Å². The van der Waals surface area contributed by atoms with Crippen molar-refractivity contribution in [2.45, 2.75) is 39.0 Å². The smallest absolute Gasteiger partial charge is 0.0774 e. The van der Waals surface area contributed by atoms with Gasteiger partial charge in [-0.05, 0) is 23.5 Å². The number of fused-ring (bicyclic) bond motifs is 1. The molecule has 0 aliphatic carbocycles. The SMILES string of the molecule is CC(C)C[C@H]1OCc2ccccc2[C@H]1N. The van der Waals surface area contributed by atoms with E-state index in [-0.39, 0.29) is 12.1 Å². The van der Waals surface area contributed by atoms with Crippen LogP contribution in [0.3, 0.4) is 0 Å². The molecule has 0 unspecified atom stereocenters. The molecule has 0 saturated heterocycles. The number of benzene rings is 1. The lowest BCUT2D eigenvalue weighted by molar-refractivity contribution is -0.00338. The van der Waals surface area contributed by atoms with Crippen LogP contribution in [0, 0.1) is 5.92 Å². The lowest BCUT2D eigenvalue weighted by Crippen LogP contribution is -2.34. The zero-order valence-corrected chi connectivity index (χ0v) is 9.44. The highest BCUT2D eigenvalue weighted by molar-refractivity contribution is 5.31. The van der Waals surface area contributed by atoms with Gasteiger partial charge < -0.3 is 10.5 Å². The summed E-state index contributed by atoms with van der Waals surface area (Å²) >= 11 is 0. The normalized spacial score (nSPS) is 25.3. The first-order valence-electron chi connectivity index (χ1n) is 5.63. The Morgan fingerprint density at radius 3 is 2.87 bits per heavy atom. The Bertz CT molecular complexity index is 335. The topological polar surface area (TPSA) is 35.2 Å². The van der Waals surface area contributed by atoms with Crippen LogP contribution in [0.5, 0.6) is 0 Å². The summed E-state index contributed by atoms with van der Waals surface area (Å²) in [7, 11) is 0. The van der Waals surface area contributed by atoms with Crippen molar-refractivity contribution in [2.24, 2.45) is 11.7 Å². The molecule has 0 saturated carbocycles. The third kappa shape index (κ3) is 2.21. The van der Waals surface area contributed by atoms with Gasteiger partial charge in [-0.15, -0.1) is 0 Å². The Morgan fingerprint density at radius 2 is 2.13 bits per heavy atom. The molecule has 2 atom stereocenters.